The Kier molecular flexibility index (Phi) is 5.75. The Morgan fingerprint density at radius 2 is 1.88 bits per heavy atom. The van der Waals surface area contributed by atoms with E-state index in [0.29, 0.717) is 10.5 Å². The van der Waals surface area contributed by atoms with Gasteiger partial charge < -0.3 is 4.74 Å². The Morgan fingerprint density at radius 3 is 2.48 bits per heavy atom. The highest BCUT2D eigenvalue weighted by Gasteiger charge is 2.34. The number of hydrogen-bond donors (Lipinski definition) is 1. The van der Waals surface area contributed by atoms with Crippen molar-refractivity contribution in [3.63, 3.8) is 0 Å². The minimum Gasteiger partial charge on any atom is -0.495 e. The molecule has 0 bridgehead atoms. The summed E-state index contributed by atoms with van der Waals surface area (Å²) in [6.45, 7) is -0.645. The van der Waals surface area contributed by atoms with Crippen molar-refractivity contribution in [1.29, 1.82) is 0 Å². The standard InChI is InChI=1S/C15H12BrF4NO3S/c1-24-12-6-5-10(16)7-13(12)25(22,23)21-8-9-3-2-4-11(14(9)17)15(18,19)20/h2-7,21H,8H2,1H3. The molecule has 2 aromatic carbocycles. The van der Waals surface area contributed by atoms with Crippen molar-refractivity contribution in [2.45, 2.75) is 17.6 Å². The van der Waals surface area contributed by atoms with Crippen molar-refractivity contribution < 1.29 is 30.7 Å². The zero-order valence-corrected chi connectivity index (χ0v) is 15.1. The molecule has 2 rings (SSSR count). The molecule has 0 aromatic heterocycles. The van der Waals surface area contributed by atoms with Crippen LogP contribution in [0.5, 0.6) is 5.75 Å². The van der Waals surface area contributed by atoms with Gasteiger partial charge in [-0.3, -0.25) is 0 Å². The normalized spacial score (nSPS) is 12.2. The van der Waals surface area contributed by atoms with E-state index >= 15 is 0 Å². The lowest BCUT2D eigenvalue weighted by atomic mass is 10.1. The Bertz CT molecular complexity index is 885. The molecule has 0 radical (unpaired) electrons. The minimum absolute atomic E-state index is 0.0419. The fourth-order valence-electron chi connectivity index (χ4n) is 2.05. The largest absolute Gasteiger partial charge is 0.495 e. The van der Waals surface area contributed by atoms with E-state index in [4.69, 9.17) is 4.74 Å². The lowest BCUT2D eigenvalue weighted by Gasteiger charge is -2.13. The predicted molar refractivity (Wildman–Crippen MR) is 86.1 cm³/mol. The quantitative estimate of drug-likeness (QED) is 0.710. The van der Waals surface area contributed by atoms with E-state index in [9.17, 15) is 26.0 Å². The third-order valence-electron chi connectivity index (χ3n) is 3.25. The topological polar surface area (TPSA) is 55.4 Å². The van der Waals surface area contributed by atoms with Gasteiger partial charge in [0, 0.05) is 16.6 Å². The van der Waals surface area contributed by atoms with Gasteiger partial charge in [-0.2, -0.15) is 13.2 Å². The highest BCUT2D eigenvalue weighted by atomic mass is 79.9. The molecule has 0 amide bonds. The number of ether oxygens (including phenoxy) is 1. The molecule has 25 heavy (non-hydrogen) atoms. The summed E-state index contributed by atoms with van der Waals surface area (Å²) in [4.78, 5) is -0.225. The molecule has 1 N–H and O–H groups in total. The summed E-state index contributed by atoms with van der Waals surface area (Å²) in [7, 11) is -2.87. The molecule has 0 aliphatic heterocycles. The predicted octanol–water partition coefficient (Wildman–Crippen LogP) is 4.09. The highest BCUT2D eigenvalue weighted by molar-refractivity contribution is 9.10. The molecule has 0 fully saturated rings. The van der Waals surface area contributed by atoms with Crippen LogP contribution in [0.25, 0.3) is 0 Å². The van der Waals surface area contributed by atoms with E-state index in [1.54, 1.807) is 6.07 Å². The smallest absolute Gasteiger partial charge is 0.419 e. The van der Waals surface area contributed by atoms with E-state index < -0.39 is 39.7 Å². The maximum Gasteiger partial charge on any atom is 0.419 e. The van der Waals surface area contributed by atoms with Gasteiger partial charge in [0.15, 0.2) is 0 Å². The van der Waals surface area contributed by atoms with Crippen LogP contribution < -0.4 is 9.46 Å². The third-order valence-corrected chi connectivity index (χ3v) is 5.17. The number of alkyl halides is 3. The number of methoxy groups -OCH3 is 1. The number of benzene rings is 2. The van der Waals surface area contributed by atoms with Crippen molar-refractivity contribution in [3.05, 3.63) is 57.8 Å². The van der Waals surface area contributed by atoms with E-state index in [2.05, 4.69) is 20.7 Å². The molecular formula is C15H12BrF4NO3S. The van der Waals surface area contributed by atoms with Gasteiger partial charge in [0.25, 0.3) is 0 Å². The Balaban J connectivity index is 2.32. The maximum absolute atomic E-state index is 14.0. The fourth-order valence-corrected chi connectivity index (χ4v) is 3.76. The average molecular weight is 442 g/mol. The van der Waals surface area contributed by atoms with Crippen LogP contribution in [0.1, 0.15) is 11.1 Å². The van der Waals surface area contributed by atoms with Gasteiger partial charge in [-0.05, 0) is 24.3 Å². The van der Waals surface area contributed by atoms with Gasteiger partial charge in [0.2, 0.25) is 10.0 Å². The van der Waals surface area contributed by atoms with E-state index in [-0.39, 0.29) is 10.6 Å². The van der Waals surface area contributed by atoms with E-state index in [1.807, 2.05) is 0 Å². The van der Waals surface area contributed by atoms with Gasteiger partial charge in [0.05, 0.1) is 12.7 Å². The van der Waals surface area contributed by atoms with E-state index in [0.717, 1.165) is 12.1 Å². The zero-order chi connectivity index (χ0) is 18.8. The molecule has 0 heterocycles. The van der Waals surface area contributed by atoms with Crippen molar-refractivity contribution >= 4 is 26.0 Å². The molecule has 10 heteroatoms. The van der Waals surface area contributed by atoms with Crippen LogP contribution in [0.3, 0.4) is 0 Å². The second-order valence-electron chi connectivity index (χ2n) is 4.90. The number of sulfonamides is 1. The minimum atomic E-state index is -4.87. The second kappa shape index (κ2) is 7.30. The first kappa shape index (κ1) is 19.7. The Hall–Kier alpha value is -1.65. The average Bonchev–Trinajstić information content (AvgIpc) is 2.52. The molecule has 4 nitrogen and oxygen atoms in total. The number of halogens is 5. The van der Waals surface area contributed by atoms with Crippen LogP contribution in [0, 0.1) is 5.82 Å². The molecule has 0 spiro atoms. The zero-order valence-electron chi connectivity index (χ0n) is 12.7. The monoisotopic (exact) mass is 441 g/mol. The van der Waals surface area contributed by atoms with E-state index in [1.165, 1.54) is 19.2 Å². The van der Waals surface area contributed by atoms with Crippen LogP contribution in [-0.2, 0) is 22.7 Å². The SMILES string of the molecule is COc1ccc(Br)cc1S(=O)(=O)NCc1cccc(C(F)(F)F)c1F. The first-order valence-corrected chi connectivity index (χ1v) is 9.01. The van der Waals surface area contributed by atoms with Crippen molar-refractivity contribution in [1.82, 2.24) is 4.72 Å². The van der Waals surface area contributed by atoms with Crippen LogP contribution in [0.15, 0.2) is 45.8 Å². The van der Waals surface area contributed by atoms with Crippen molar-refractivity contribution in [3.8, 4) is 5.75 Å². The van der Waals surface area contributed by atoms with Gasteiger partial charge in [-0.1, -0.05) is 28.1 Å². The maximum atomic E-state index is 14.0. The summed E-state index contributed by atoms with van der Waals surface area (Å²) in [6, 6.07) is 6.91. The molecule has 0 saturated heterocycles. The number of hydrogen-bond acceptors (Lipinski definition) is 3. The summed E-state index contributed by atoms with van der Waals surface area (Å²) >= 11 is 3.12. The first-order chi connectivity index (χ1) is 11.6. The van der Waals surface area contributed by atoms with Crippen molar-refractivity contribution in [2.75, 3.05) is 7.11 Å². The van der Waals surface area contributed by atoms with Crippen LogP contribution >= 0.6 is 15.9 Å². The molecule has 0 unspecified atom stereocenters. The van der Waals surface area contributed by atoms with Crippen LogP contribution in [0.2, 0.25) is 0 Å². The summed E-state index contributed by atoms with van der Waals surface area (Å²) in [5.74, 6) is -1.47. The van der Waals surface area contributed by atoms with Gasteiger partial charge in [-0.25, -0.2) is 17.5 Å². The molecule has 0 atom stereocenters. The Labute approximate surface area is 150 Å². The highest BCUT2D eigenvalue weighted by Crippen LogP contribution is 2.32. The molecule has 0 aliphatic carbocycles. The molecule has 136 valence electrons. The second-order valence-corrected chi connectivity index (χ2v) is 7.55. The fraction of sp³-hybridized carbons (Fsp3) is 0.200. The Morgan fingerprint density at radius 1 is 1.20 bits per heavy atom. The summed E-state index contributed by atoms with van der Waals surface area (Å²) in [6.07, 6.45) is -4.87. The van der Waals surface area contributed by atoms with Gasteiger partial charge in [0.1, 0.15) is 16.5 Å². The van der Waals surface area contributed by atoms with Gasteiger partial charge in [-0.15, -0.1) is 0 Å². The molecule has 2 aromatic rings. The van der Waals surface area contributed by atoms with Crippen molar-refractivity contribution in [2.24, 2.45) is 0 Å². The summed E-state index contributed by atoms with van der Waals surface area (Å²) in [5, 5.41) is 0. The molecular weight excluding hydrogens is 430 g/mol. The lowest BCUT2D eigenvalue weighted by Crippen LogP contribution is -2.25. The third kappa shape index (κ3) is 4.50. The number of nitrogens with one attached hydrogen (secondary N) is 1. The first-order valence-electron chi connectivity index (χ1n) is 6.74. The van der Waals surface area contributed by atoms with Gasteiger partial charge >= 0.3 is 6.18 Å². The molecule has 0 aliphatic rings. The summed E-state index contributed by atoms with van der Waals surface area (Å²) < 4.78 is 84.3. The van der Waals surface area contributed by atoms with Crippen LogP contribution in [-0.4, -0.2) is 15.5 Å². The summed E-state index contributed by atoms with van der Waals surface area (Å²) in [5.41, 5.74) is -1.88. The van der Waals surface area contributed by atoms with Crippen LogP contribution in [0.4, 0.5) is 17.6 Å². The molecule has 0 saturated carbocycles. The lowest BCUT2D eigenvalue weighted by molar-refractivity contribution is -0.140. The number of rotatable bonds is 5.